The maximum atomic E-state index is 11.5. The van der Waals surface area contributed by atoms with Crippen molar-refractivity contribution >= 4 is 16.0 Å². The van der Waals surface area contributed by atoms with E-state index in [0.29, 0.717) is 0 Å². The molecule has 94 valence electrons. The van der Waals surface area contributed by atoms with Gasteiger partial charge in [0.15, 0.2) is 0 Å². The van der Waals surface area contributed by atoms with Crippen LogP contribution in [0.1, 0.15) is 13.8 Å². The number of hydrogen-bond donors (Lipinski definition) is 1. The van der Waals surface area contributed by atoms with Crippen molar-refractivity contribution in [2.24, 2.45) is 0 Å². The predicted octanol–water partition coefficient (Wildman–Crippen LogP) is -0.110. The first-order valence-electron chi connectivity index (χ1n) is 4.62. The summed E-state index contributed by atoms with van der Waals surface area (Å²) in [6, 6.07) is 0. The van der Waals surface area contributed by atoms with Crippen LogP contribution in [0.3, 0.4) is 0 Å². The van der Waals surface area contributed by atoms with Crippen LogP contribution in [0.5, 0.6) is 0 Å². The Balaban J connectivity index is 4.57. The van der Waals surface area contributed by atoms with Crippen molar-refractivity contribution in [3.8, 4) is 0 Å². The number of carbonyl (C=O) groups excluding carboxylic acids is 1. The van der Waals surface area contributed by atoms with Gasteiger partial charge in [0.2, 0.25) is 5.91 Å². The van der Waals surface area contributed by atoms with Gasteiger partial charge in [0.25, 0.3) is 10.1 Å². The molecule has 0 saturated heterocycles. The molecule has 0 spiro atoms. The van der Waals surface area contributed by atoms with Gasteiger partial charge in [-0.3, -0.25) is 4.79 Å². The molecule has 6 nitrogen and oxygen atoms in total. The Labute approximate surface area is 96.3 Å². The second-order valence-electron chi connectivity index (χ2n) is 4.17. The minimum absolute atomic E-state index is 0.322. The standard InChI is InChI=1S/C9H18N2O4S/c1-6-8(12)10-9(2,3)7-16(13,14)15-11(4)5/h6H,1,7H2,2-5H3,(H,10,12). The van der Waals surface area contributed by atoms with Gasteiger partial charge in [-0.2, -0.15) is 17.8 Å². The summed E-state index contributed by atoms with van der Waals surface area (Å²) in [4.78, 5) is 11.1. The molecule has 0 rings (SSSR count). The average Bonchev–Trinajstić information content (AvgIpc) is 1.97. The molecule has 0 aromatic rings. The molecule has 7 heteroatoms. The number of amides is 1. The van der Waals surface area contributed by atoms with Crippen LogP contribution in [0, 0.1) is 0 Å². The second kappa shape index (κ2) is 5.42. The molecule has 0 aliphatic rings. The van der Waals surface area contributed by atoms with Crippen molar-refractivity contribution in [3.63, 3.8) is 0 Å². The normalized spacial score (nSPS) is 12.6. The smallest absolute Gasteiger partial charge is 0.285 e. The summed E-state index contributed by atoms with van der Waals surface area (Å²) in [6.45, 7) is 6.47. The summed E-state index contributed by atoms with van der Waals surface area (Å²) in [6.07, 6.45) is 1.08. The summed E-state index contributed by atoms with van der Waals surface area (Å²) < 4.78 is 27.6. The zero-order valence-corrected chi connectivity index (χ0v) is 10.8. The van der Waals surface area contributed by atoms with Gasteiger partial charge in [-0.05, 0) is 19.9 Å². The topological polar surface area (TPSA) is 75.7 Å². The van der Waals surface area contributed by atoms with Crippen molar-refractivity contribution in [2.45, 2.75) is 19.4 Å². The molecule has 1 amide bonds. The van der Waals surface area contributed by atoms with E-state index in [9.17, 15) is 13.2 Å². The van der Waals surface area contributed by atoms with Gasteiger partial charge in [-0.25, -0.2) is 0 Å². The van der Waals surface area contributed by atoms with E-state index in [0.717, 1.165) is 11.1 Å². The molecular formula is C9H18N2O4S. The van der Waals surface area contributed by atoms with Crippen molar-refractivity contribution in [3.05, 3.63) is 12.7 Å². The predicted molar refractivity (Wildman–Crippen MR) is 61.0 cm³/mol. The Morgan fingerprint density at radius 3 is 2.38 bits per heavy atom. The van der Waals surface area contributed by atoms with Crippen molar-refractivity contribution in [1.82, 2.24) is 10.4 Å². The molecule has 0 aliphatic carbocycles. The fourth-order valence-corrected chi connectivity index (χ4v) is 2.58. The molecule has 1 N–H and O–H groups in total. The average molecular weight is 250 g/mol. The molecule has 0 atom stereocenters. The molecule has 0 radical (unpaired) electrons. The second-order valence-corrected chi connectivity index (χ2v) is 5.72. The van der Waals surface area contributed by atoms with Crippen molar-refractivity contribution in [1.29, 1.82) is 0 Å². The maximum Gasteiger partial charge on any atom is 0.285 e. The lowest BCUT2D eigenvalue weighted by molar-refractivity contribution is -0.117. The molecule has 0 aliphatic heterocycles. The van der Waals surface area contributed by atoms with E-state index in [1.807, 2.05) is 0 Å². The summed E-state index contributed by atoms with van der Waals surface area (Å²) in [5, 5.41) is 3.58. The minimum atomic E-state index is -3.72. The molecule has 0 bridgehead atoms. The third kappa shape index (κ3) is 6.54. The molecule has 0 aromatic heterocycles. The lowest BCUT2D eigenvalue weighted by Gasteiger charge is -2.25. The number of carbonyl (C=O) groups is 1. The number of rotatable bonds is 6. The van der Waals surface area contributed by atoms with E-state index in [1.54, 1.807) is 13.8 Å². The van der Waals surface area contributed by atoms with Crippen molar-refractivity contribution < 1.29 is 17.5 Å². The van der Waals surface area contributed by atoms with Gasteiger partial charge in [0.05, 0.1) is 11.3 Å². The highest BCUT2D eigenvalue weighted by Gasteiger charge is 2.28. The van der Waals surface area contributed by atoms with E-state index in [1.165, 1.54) is 14.1 Å². The van der Waals surface area contributed by atoms with Crippen LogP contribution in [-0.2, 0) is 19.2 Å². The first-order valence-corrected chi connectivity index (χ1v) is 6.20. The molecule has 16 heavy (non-hydrogen) atoms. The summed E-state index contributed by atoms with van der Waals surface area (Å²) in [7, 11) is -0.785. The van der Waals surface area contributed by atoms with Crippen molar-refractivity contribution in [2.75, 3.05) is 19.8 Å². The Kier molecular flexibility index (Phi) is 5.11. The van der Waals surface area contributed by atoms with E-state index in [-0.39, 0.29) is 5.75 Å². The Morgan fingerprint density at radius 1 is 1.50 bits per heavy atom. The van der Waals surface area contributed by atoms with Crippen LogP contribution in [0.25, 0.3) is 0 Å². The van der Waals surface area contributed by atoms with Gasteiger partial charge < -0.3 is 5.32 Å². The summed E-state index contributed by atoms with van der Waals surface area (Å²) in [5.41, 5.74) is -0.917. The van der Waals surface area contributed by atoms with Crippen LogP contribution >= 0.6 is 0 Å². The van der Waals surface area contributed by atoms with Crippen LogP contribution in [0.4, 0.5) is 0 Å². The van der Waals surface area contributed by atoms with E-state index in [2.05, 4.69) is 16.2 Å². The monoisotopic (exact) mass is 250 g/mol. The summed E-state index contributed by atoms with van der Waals surface area (Å²) >= 11 is 0. The molecule has 0 unspecified atom stereocenters. The molecule has 0 fully saturated rings. The van der Waals surface area contributed by atoms with Gasteiger partial charge in [0, 0.05) is 14.1 Å². The van der Waals surface area contributed by atoms with E-state index < -0.39 is 21.6 Å². The van der Waals surface area contributed by atoms with Crippen LogP contribution in [-0.4, -0.2) is 44.8 Å². The first kappa shape index (κ1) is 15.1. The highest BCUT2D eigenvalue weighted by molar-refractivity contribution is 7.86. The van der Waals surface area contributed by atoms with Crippen LogP contribution in [0.15, 0.2) is 12.7 Å². The van der Waals surface area contributed by atoms with Gasteiger partial charge in [0.1, 0.15) is 0 Å². The molecular weight excluding hydrogens is 232 g/mol. The van der Waals surface area contributed by atoms with Gasteiger partial charge in [-0.15, -0.1) is 0 Å². The SMILES string of the molecule is C=CC(=O)NC(C)(C)CS(=O)(=O)ON(C)C. The van der Waals surface area contributed by atoms with Gasteiger partial charge in [-0.1, -0.05) is 6.58 Å². The Bertz CT molecular complexity index is 360. The van der Waals surface area contributed by atoms with E-state index in [4.69, 9.17) is 0 Å². The Morgan fingerprint density at radius 2 is 2.00 bits per heavy atom. The maximum absolute atomic E-state index is 11.5. The number of nitrogens with zero attached hydrogens (tertiary/aromatic N) is 1. The number of hydrogen-bond acceptors (Lipinski definition) is 5. The molecule has 0 saturated carbocycles. The largest absolute Gasteiger partial charge is 0.347 e. The first-order chi connectivity index (χ1) is 7.08. The summed E-state index contributed by atoms with van der Waals surface area (Å²) in [5.74, 6) is -0.748. The molecule has 0 heterocycles. The Hall–Kier alpha value is -0.920. The third-order valence-corrected chi connectivity index (χ3v) is 3.05. The quantitative estimate of drug-likeness (QED) is 0.526. The zero-order chi connectivity index (χ0) is 13.0. The lowest BCUT2D eigenvalue weighted by atomic mass is 10.1. The van der Waals surface area contributed by atoms with Crippen LogP contribution in [0.2, 0.25) is 0 Å². The van der Waals surface area contributed by atoms with E-state index >= 15 is 0 Å². The van der Waals surface area contributed by atoms with Crippen LogP contribution < -0.4 is 5.32 Å². The minimum Gasteiger partial charge on any atom is -0.347 e. The number of hydroxylamine groups is 2. The fourth-order valence-electron chi connectivity index (χ4n) is 1.12. The fraction of sp³-hybridized carbons (Fsp3) is 0.667. The zero-order valence-electron chi connectivity index (χ0n) is 9.98. The van der Waals surface area contributed by atoms with Gasteiger partial charge >= 0.3 is 0 Å². The highest BCUT2D eigenvalue weighted by Crippen LogP contribution is 2.09. The third-order valence-electron chi connectivity index (χ3n) is 1.45. The number of nitrogens with one attached hydrogen (secondary N) is 1. The molecule has 0 aromatic carbocycles. The highest BCUT2D eigenvalue weighted by atomic mass is 32.2. The lowest BCUT2D eigenvalue weighted by Crippen LogP contribution is -2.48.